The quantitative estimate of drug-likeness (QED) is 0.404. The van der Waals surface area contributed by atoms with Crippen molar-refractivity contribution in [2.75, 3.05) is 26.8 Å². The van der Waals surface area contributed by atoms with Crippen LogP contribution in [0.4, 0.5) is 13.6 Å². The number of morpholine rings is 1. The van der Waals surface area contributed by atoms with Gasteiger partial charge >= 0.3 is 6.09 Å². The number of rotatable bonds is 5. The molecule has 0 bridgehead atoms. The van der Waals surface area contributed by atoms with Crippen LogP contribution in [0.5, 0.6) is 0 Å². The van der Waals surface area contributed by atoms with Crippen molar-refractivity contribution in [1.82, 2.24) is 24.3 Å². The van der Waals surface area contributed by atoms with Gasteiger partial charge in [0.15, 0.2) is 0 Å². The summed E-state index contributed by atoms with van der Waals surface area (Å²) < 4.78 is 43.8. The number of amides is 1. The number of halogens is 2. The van der Waals surface area contributed by atoms with Crippen LogP contribution in [0.3, 0.4) is 0 Å². The summed E-state index contributed by atoms with van der Waals surface area (Å²) in [5.74, 6) is -1.37. The zero-order valence-electron chi connectivity index (χ0n) is 21.6. The van der Waals surface area contributed by atoms with Gasteiger partial charge in [-0.15, -0.1) is 0 Å². The van der Waals surface area contributed by atoms with Gasteiger partial charge in [-0.2, -0.15) is 0 Å². The molecular weight excluding hydrogens is 496 g/mol. The molecule has 11 heteroatoms. The number of nitrogens with zero attached hydrogens (tertiary/aromatic N) is 4. The predicted octanol–water partition coefficient (Wildman–Crippen LogP) is 4.22. The molecule has 0 radical (unpaired) electrons. The number of benzene rings is 1. The number of pyridine rings is 1. The number of H-pyrrole nitrogens is 1. The second-order valence-corrected chi connectivity index (χ2v) is 9.97. The summed E-state index contributed by atoms with van der Waals surface area (Å²) in [4.78, 5) is 25.3. The summed E-state index contributed by atoms with van der Waals surface area (Å²) in [7, 11) is 1.32. The molecule has 1 atom stereocenters. The number of carbonyl (C=O) groups is 1. The lowest BCUT2D eigenvalue weighted by Gasteiger charge is -2.32. The van der Waals surface area contributed by atoms with Gasteiger partial charge in [0.25, 0.3) is 0 Å². The van der Waals surface area contributed by atoms with Gasteiger partial charge in [0.2, 0.25) is 0 Å². The van der Waals surface area contributed by atoms with Crippen LogP contribution in [-0.4, -0.2) is 68.4 Å². The standard InChI is InChI=1S/C27H29F2N5O4/c1-15-5-6-34-20(12-17-14-33(7-8-38-17)26(35)37-4)24(32-22(34)9-15)23-18(28)10-16(11-19(23)29)25-30-13-21(31-25)27(2,3)36/h5-6,9-11,13,17,36H,7-8,12,14H2,1-4H3,(H,30,31)/t17-/m0/s1. The number of nitrogens with one attached hydrogen (secondary N) is 1. The van der Waals surface area contributed by atoms with Crippen LogP contribution >= 0.6 is 0 Å². The molecule has 1 aliphatic rings. The fourth-order valence-corrected chi connectivity index (χ4v) is 4.66. The summed E-state index contributed by atoms with van der Waals surface area (Å²) in [6.07, 6.45) is 2.63. The molecule has 38 heavy (non-hydrogen) atoms. The van der Waals surface area contributed by atoms with E-state index in [0.29, 0.717) is 30.2 Å². The highest BCUT2D eigenvalue weighted by molar-refractivity contribution is 5.72. The van der Waals surface area contributed by atoms with E-state index < -0.39 is 29.4 Å². The van der Waals surface area contributed by atoms with E-state index in [0.717, 1.165) is 5.56 Å². The van der Waals surface area contributed by atoms with Gasteiger partial charge in [-0.1, -0.05) is 0 Å². The lowest BCUT2D eigenvalue weighted by molar-refractivity contribution is -0.0241. The van der Waals surface area contributed by atoms with E-state index in [1.54, 1.807) is 23.1 Å². The lowest BCUT2D eigenvalue weighted by atomic mass is 10.0. The number of methoxy groups -OCH3 is 1. The molecule has 200 valence electrons. The topological polar surface area (TPSA) is 105 Å². The third-order valence-corrected chi connectivity index (χ3v) is 6.66. The molecule has 3 aromatic heterocycles. The second kappa shape index (κ2) is 9.80. The Morgan fingerprint density at radius 2 is 2.03 bits per heavy atom. The van der Waals surface area contributed by atoms with Crippen molar-refractivity contribution in [2.45, 2.75) is 38.9 Å². The van der Waals surface area contributed by atoms with Crippen LogP contribution in [-0.2, 0) is 21.5 Å². The molecule has 1 fully saturated rings. The summed E-state index contributed by atoms with van der Waals surface area (Å²) in [5.41, 5.74) is 1.38. The van der Waals surface area contributed by atoms with Crippen molar-refractivity contribution in [3.8, 4) is 22.6 Å². The Morgan fingerprint density at radius 1 is 1.29 bits per heavy atom. The fraction of sp³-hybridized carbons (Fsp3) is 0.370. The average molecular weight is 526 g/mol. The van der Waals surface area contributed by atoms with E-state index in [2.05, 4.69) is 15.0 Å². The number of carbonyl (C=O) groups excluding carboxylic acids is 1. The zero-order valence-corrected chi connectivity index (χ0v) is 21.6. The predicted molar refractivity (Wildman–Crippen MR) is 136 cm³/mol. The van der Waals surface area contributed by atoms with E-state index in [-0.39, 0.29) is 35.6 Å². The summed E-state index contributed by atoms with van der Waals surface area (Å²) >= 11 is 0. The van der Waals surface area contributed by atoms with Crippen LogP contribution in [0.1, 0.15) is 30.8 Å². The highest BCUT2D eigenvalue weighted by Gasteiger charge is 2.29. The molecule has 0 unspecified atom stereocenters. The van der Waals surface area contributed by atoms with Crippen LogP contribution < -0.4 is 0 Å². The number of aliphatic hydroxyl groups is 1. The largest absolute Gasteiger partial charge is 0.453 e. The van der Waals surface area contributed by atoms with Crippen molar-refractivity contribution < 1.29 is 28.2 Å². The number of ether oxygens (including phenoxy) is 2. The SMILES string of the molecule is COC(=O)N1CCO[C@@H](Cc2c(-c3c(F)cc(-c4ncc(C(C)(C)O)[nH]4)cc3F)nc3cc(C)ccn23)C1. The van der Waals surface area contributed by atoms with Gasteiger partial charge in [-0.3, -0.25) is 0 Å². The Morgan fingerprint density at radius 3 is 2.68 bits per heavy atom. The Kier molecular flexibility index (Phi) is 6.66. The number of fused-ring (bicyclic) bond motifs is 1. The molecule has 1 aromatic carbocycles. The van der Waals surface area contributed by atoms with Crippen molar-refractivity contribution >= 4 is 11.7 Å². The van der Waals surface area contributed by atoms with Gasteiger partial charge in [-0.25, -0.2) is 23.5 Å². The molecule has 0 spiro atoms. The zero-order chi connectivity index (χ0) is 27.2. The molecule has 0 saturated carbocycles. The number of aromatic amines is 1. The van der Waals surface area contributed by atoms with Crippen LogP contribution in [0.15, 0.2) is 36.7 Å². The smallest absolute Gasteiger partial charge is 0.409 e. The third kappa shape index (κ3) is 4.86. The van der Waals surface area contributed by atoms with Crippen LogP contribution in [0, 0.1) is 18.6 Å². The highest BCUT2D eigenvalue weighted by Crippen LogP contribution is 2.34. The minimum atomic E-state index is -1.18. The molecule has 1 aliphatic heterocycles. The molecule has 1 amide bonds. The maximum Gasteiger partial charge on any atom is 0.409 e. The van der Waals surface area contributed by atoms with E-state index in [9.17, 15) is 9.90 Å². The van der Waals surface area contributed by atoms with Crippen molar-refractivity contribution in [3.05, 3.63) is 65.2 Å². The third-order valence-electron chi connectivity index (χ3n) is 6.66. The van der Waals surface area contributed by atoms with Crippen LogP contribution in [0.25, 0.3) is 28.3 Å². The minimum absolute atomic E-state index is 0.160. The van der Waals surface area contributed by atoms with Crippen molar-refractivity contribution in [3.63, 3.8) is 0 Å². The number of hydrogen-bond acceptors (Lipinski definition) is 6. The van der Waals surface area contributed by atoms with Gasteiger partial charge in [0, 0.05) is 24.7 Å². The van der Waals surface area contributed by atoms with Crippen molar-refractivity contribution in [2.24, 2.45) is 0 Å². The molecule has 0 aliphatic carbocycles. The van der Waals surface area contributed by atoms with Gasteiger partial charge in [0.1, 0.15) is 28.7 Å². The van der Waals surface area contributed by atoms with E-state index in [1.165, 1.54) is 25.4 Å². The summed E-state index contributed by atoms with van der Waals surface area (Å²) in [6, 6.07) is 6.11. The Labute approximate surface area is 218 Å². The number of hydrogen-bond donors (Lipinski definition) is 2. The first kappa shape index (κ1) is 25.8. The number of imidazole rings is 2. The highest BCUT2D eigenvalue weighted by atomic mass is 19.1. The Balaban J connectivity index is 1.56. The van der Waals surface area contributed by atoms with Crippen molar-refractivity contribution in [1.29, 1.82) is 0 Å². The van der Waals surface area contributed by atoms with E-state index in [4.69, 9.17) is 9.47 Å². The average Bonchev–Trinajstić information content (AvgIpc) is 3.49. The van der Waals surface area contributed by atoms with Gasteiger partial charge in [-0.05, 0) is 50.6 Å². The lowest BCUT2D eigenvalue weighted by Crippen LogP contribution is -2.46. The first-order valence-electron chi connectivity index (χ1n) is 12.2. The maximum absolute atomic E-state index is 15.6. The maximum atomic E-state index is 15.6. The first-order valence-corrected chi connectivity index (χ1v) is 12.2. The van der Waals surface area contributed by atoms with Gasteiger partial charge < -0.3 is 28.9 Å². The van der Waals surface area contributed by atoms with Gasteiger partial charge in [0.05, 0.1) is 55.2 Å². The summed E-state index contributed by atoms with van der Waals surface area (Å²) in [5, 5.41) is 10.2. The minimum Gasteiger partial charge on any atom is -0.453 e. The fourth-order valence-electron chi connectivity index (χ4n) is 4.66. The van der Waals surface area contributed by atoms with E-state index >= 15 is 8.78 Å². The molecule has 4 aromatic rings. The number of aryl methyl sites for hydroxylation is 1. The molecule has 9 nitrogen and oxygen atoms in total. The first-order chi connectivity index (χ1) is 18.0. The number of aromatic nitrogens is 4. The molecule has 4 heterocycles. The molecular formula is C27H29F2N5O4. The van der Waals surface area contributed by atoms with Crippen LogP contribution in [0.2, 0.25) is 0 Å². The molecule has 2 N–H and O–H groups in total. The molecule has 1 saturated heterocycles. The molecule has 5 rings (SSSR count). The summed E-state index contributed by atoms with van der Waals surface area (Å²) in [6.45, 7) is 6.07. The van der Waals surface area contributed by atoms with E-state index in [1.807, 2.05) is 25.3 Å². The Hall–Kier alpha value is -3.83. The normalized spacial score (nSPS) is 16.3. The Bertz CT molecular complexity index is 1480. The second-order valence-electron chi connectivity index (χ2n) is 9.97. The monoisotopic (exact) mass is 525 g/mol.